The second kappa shape index (κ2) is 7.57. The third-order valence-electron chi connectivity index (χ3n) is 4.09. The van der Waals surface area contributed by atoms with Gasteiger partial charge >= 0.3 is 5.97 Å². The molecule has 0 fully saturated rings. The first kappa shape index (κ1) is 19.8. The molecule has 0 saturated carbocycles. The topological polar surface area (TPSA) is 106 Å². The number of benzene rings is 3. The zero-order valence-electron chi connectivity index (χ0n) is 14.5. The molecule has 144 valence electrons. The van der Waals surface area contributed by atoms with Gasteiger partial charge in [-0.05, 0) is 42.0 Å². The van der Waals surface area contributed by atoms with Gasteiger partial charge in [0.15, 0.2) is 0 Å². The van der Waals surface area contributed by atoms with Crippen molar-refractivity contribution in [1.29, 1.82) is 0 Å². The van der Waals surface area contributed by atoms with Crippen LogP contribution in [0.5, 0.6) is 0 Å². The molecule has 0 unspecified atom stereocenters. The lowest BCUT2D eigenvalue weighted by molar-refractivity contribution is -0.136. The van der Waals surface area contributed by atoms with Gasteiger partial charge in [0, 0.05) is 0 Å². The van der Waals surface area contributed by atoms with E-state index in [1.54, 1.807) is 24.3 Å². The van der Waals surface area contributed by atoms with Gasteiger partial charge in [-0.2, -0.15) is 0 Å². The quantitative estimate of drug-likeness (QED) is 0.662. The van der Waals surface area contributed by atoms with E-state index in [4.69, 9.17) is 5.11 Å². The van der Waals surface area contributed by atoms with Crippen molar-refractivity contribution in [1.82, 2.24) is 0 Å². The van der Waals surface area contributed by atoms with Crippen molar-refractivity contribution in [3.8, 4) is 0 Å². The van der Waals surface area contributed by atoms with E-state index in [2.05, 4.69) is 0 Å². The Hall–Kier alpha value is -2.97. The molecule has 0 spiro atoms. The number of sulfone groups is 2. The molecular formula is C20H16O6S2. The van der Waals surface area contributed by atoms with Crippen molar-refractivity contribution < 1.29 is 26.7 Å². The van der Waals surface area contributed by atoms with Crippen LogP contribution in [0.15, 0.2) is 98.4 Å². The predicted molar refractivity (Wildman–Crippen MR) is 102 cm³/mol. The van der Waals surface area contributed by atoms with E-state index in [1.807, 2.05) is 0 Å². The lowest BCUT2D eigenvalue weighted by Crippen LogP contribution is -2.11. The average Bonchev–Trinajstić information content (AvgIpc) is 2.69. The third-order valence-corrected chi connectivity index (χ3v) is 7.71. The molecule has 28 heavy (non-hydrogen) atoms. The summed E-state index contributed by atoms with van der Waals surface area (Å²) >= 11 is 0. The SMILES string of the molecule is O=C(O)Cc1ccc(S(=O)(=O)c2ccccc2)cc1S(=O)(=O)c1ccccc1. The van der Waals surface area contributed by atoms with Crippen LogP contribution in [0.1, 0.15) is 5.56 Å². The molecular weight excluding hydrogens is 400 g/mol. The summed E-state index contributed by atoms with van der Waals surface area (Å²) in [5, 5.41) is 9.12. The first-order valence-corrected chi connectivity index (χ1v) is 11.1. The maximum Gasteiger partial charge on any atom is 0.307 e. The van der Waals surface area contributed by atoms with Crippen molar-refractivity contribution in [2.24, 2.45) is 0 Å². The summed E-state index contributed by atoms with van der Waals surface area (Å²) < 4.78 is 51.9. The third kappa shape index (κ3) is 3.83. The summed E-state index contributed by atoms with van der Waals surface area (Å²) in [5.74, 6) is -1.22. The molecule has 0 aliphatic carbocycles. The molecule has 0 aliphatic heterocycles. The van der Waals surface area contributed by atoms with Crippen LogP contribution in [0.4, 0.5) is 0 Å². The standard InChI is InChI=1S/C20H16O6S2/c21-20(22)13-15-11-12-18(27(23,24)16-7-3-1-4-8-16)14-19(15)28(25,26)17-9-5-2-6-10-17/h1-12,14H,13H2,(H,21,22). The van der Waals surface area contributed by atoms with Gasteiger partial charge in [-0.25, -0.2) is 16.8 Å². The van der Waals surface area contributed by atoms with Crippen molar-refractivity contribution in [2.75, 3.05) is 0 Å². The number of carboxylic acid groups (broad SMARTS) is 1. The molecule has 0 amide bonds. The Morgan fingerprint density at radius 1 is 0.679 bits per heavy atom. The highest BCUT2D eigenvalue weighted by Crippen LogP contribution is 2.29. The Morgan fingerprint density at radius 3 is 1.68 bits per heavy atom. The van der Waals surface area contributed by atoms with E-state index in [0.29, 0.717) is 0 Å². The number of hydrogen-bond acceptors (Lipinski definition) is 5. The lowest BCUT2D eigenvalue weighted by Gasteiger charge is -2.12. The number of carbonyl (C=O) groups is 1. The van der Waals surface area contributed by atoms with Gasteiger partial charge in [-0.3, -0.25) is 4.79 Å². The zero-order valence-corrected chi connectivity index (χ0v) is 16.2. The van der Waals surface area contributed by atoms with Gasteiger partial charge in [0.2, 0.25) is 19.7 Å². The molecule has 0 bridgehead atoms. The highest BCUT2D eigenvalue weighted by Gasteiger charge is 2.26. The fourth-order valence-corrected chi connectivity index (χ4v) is 5.64. The van der Waals surface area contributed by atoms with Gasteiger partial charge in [0.25, 0.3) is 0 Å². The second-order valence-electron chi connectivity index (χ2n) is 5.97. The molecule has 6 nitrogen and oxygen atoms in total. The van der Waals surface area contributed by atoms with Crippen molar-refractivity contribution >= 4 is 25.6 Å². The molecule has 0 aromatic heterocycles. The number of carboxylic acids is 1. The minimum absolute atomic E-state index is 0.0170. The predicted octanol–water partition coefficient (Wildman–Crippen LogP) is 2.98. The van der Waals surface area contributed by atoms with Crippen molar-refractivity contribution in [3.63, 3.8) is 0 Å². The highest BCUT2D eigenvalue weighted by molar-refractivity contribution is 7.92. The Labute approximate surface area is 162 Å². The van der Waals surface area contributed by atoms with Crippen LogP contribution in [0, 0.1) is 0 Å². The van der Waals surface area contributed by atoms with Gasteiger partial charge in [-0.15, -0.1) is 0 Å². The number of rotatable bonds is 6. The van der Waals surface area contributed by atoms with E-state index in [1.165, 1.54) is 48.5 Å². The number of hydrogen-bond donors (Lipinski definition) is 1. The lowest BCUT2D eigenvalue weighted by atomic mass is 10.1. The maximum atomic E-state index is 13.1. The summed E-state index contributed by atoms with van der Waals surface area (Å²) in [7, 11) is -8.07. The van der Waals surface area contributed by atoms with Gasteiger partial charge in [0.1, 0.15) is 0 Å². The van der Waals surface area contributed by atoms with Crippen LogP contribution in [-0.4, -0.2) is 27.9 Å². The smallest absolute Gasteiger partial charge is 0.307 e. The average molecular weight is 416 g/mol. The minimum atomic E-state index is -4.11. The summed E-state index contributed by atoms with van der Waals surface area (Å²) in [6.45, 7) is 0. The first-order valence-electron chi connectivity index (χ1n) is 8.18. The normalized spacial score (nSPS) is 11.9. The van der Waals surface area contributed by atoms with Gasteiger partial charge in [-0.1, -0.05) is 42.5 Å². The van der Waals surface area contributed by atoms with Crippen LogP contribution in [-0.2, 0) is 30.9 Å². The van der Waals surface area contributed by atoms with Crippen LogP contribution in [0.25, 0.3) is 0 Å². The van der Waals surface area contributed by atoms with Crippen LogP contribution >= 0.6 is 0 Å². The molecule has 0 atom stereocenters. The largest absolute Gasteiger partial charge is 0.481 e. The van der Waals surface area contributed by atoms with E-state index in [0.717, 1.165) is 6.07 Å². The van der Waals surface area contributed by atoms with Crippen molar-refractivity contribution in [2.45, 2.75) is 26.0 Å². The van der Waals surface area contributed by atoms with E-state index in [9.17, 15) is 21.6 Å². The first-order chi connectivity index (χ1) is 13.2. The maximum absolute atomic E-state index is 13.1. The van der Waals surface area contributed by atoms with E-state index >= 15 is 0 Å². The number of aliphatic carboxylic acids is 1. The van der Waals surface area contributed by atoms with Crippen molar-refractivity contribution in [3.05, 3.63) is 84.4 Å². The summed E-state index contributed by atoms with van der Waals surface area (Å²) in [4.78, 5) is 10.6. The van der Waals surface area contributed by atoms with Gasteiger partial charge in [0.05, 0.1) is 26.0 Å². The molecule has 1 N–H and O–H groups in total. The molecule has 0 radical (unpaired) electrons. The highest BCUT2D eigenvalue weighted by atomic mass is 32.2. The van der Waals surface area contributed by atoms with E-state index in [-0.39, 0.29) is 25.1 Å². The molecule has 3 aromatic carbocycles. The Kier molecular flexibility index (Phi) is 5.35. The Bertz CT molecular complexity index is 1220. The zero-order chi connectivity index (χ0) is 20.4. The second-order valence-corrected chi connectivity index (χ2v) is 9.84. The molecule has 3 aromatic rings. The minimum Gasteiger partial charge on any atom is -0.481 e. The fraction of sp³-hybridized carbons (Fsp3) is 0.0500. The molecule has 0 heterocycles. The Balaban J connectivity index is 2.23. The van der Waals surface area contributed by atoms with Crippen LogP contribution in [0.3, 0.4) is 0 Å². The fourth-order valence-electron chi connectivity index (χ4n) is 2.72. The van der Waals surface area contributed by atoms with Gasteiger partial charge < -0.3 is 5.11 Å². The molecule has 3 rings (SSSR count). The molecule has 0 saturated heterocycles. The summed E-state index contributed by atoms with van der Waals surface area (Å²) in [6.07, 6.45) is -0.549. The monoisotopic (exact) mass is 416 g/mol. The molecule has 0 aliphatic rings. The summed E-state index contributed by atoms with van der Waals surface area (Å²) in [5.41, 5.74) is 0.0170. The Morgan fingerprint density at radius 2 is 1.18 bits per heavy atom. The van der Waals surface area contributed by atoms with E-state index < -0.39 is 32.1 Å². The van der Waals surface area contributed by atoms with Crippen LogP contribution < -0.4 is 0 Å². The summed E-state index contributed by atoms with van der Waals surface area (Å²) in [6, 6.07) is 18.6. The molecule has 8 heteroatoms. The van der Waals surface area contributed by atoms with Crippen LogP contribution in [0.2, 0.25) is 0 Å².